The third kappa shape index (κ3) is 4.96. The zero-order valence-corrected chi connectivity index (χ0v) is 19.7. The number of rotatable bonds is 6. The molecule has 0 aliphatic carbocycles. The minimum Gasteiger partial charge on any atom is -0.355 e. The molecular weight excluding hydrogens is 434 g/mol. The average molecular weight is 466 g/mol. The fourth-order valence-corrected chi connectivity index (χ4v) is 5.85. The van der Waals surface area contributed by atoms with Gasteiger partial charge in [0.15, 0.2) is 0 Å². The van der Waals surface area contributed by atoms with Gasteiger partial charge in [-0.2, -0.15) is 0 Å². The molecule has 2 fully saturated rings. The highest BCUT2D eigenvalue weighted by atomic mass is 32.1. The fourth-order valence-electron chi connectivity index (χ4n) is 4.94. The number of nitrogens with zero attached hydrogens (tertiary/aromatic N) is 3. The van der Waals surface area contributed by atoms with Gasteiger partial charge in [0.2, 0.25) is 11.9 Å². The van der Waals surface area contributed by atoms with Crippen LogP contribution in [0.25, 0.3) is 21.3 Å². The lowest BCUT2D eigenvalue weighted by atomic mass is 9.97. The molecule has 174 valence electrons. The first-order valence-corrected chi connectivity index (χ1v) is 12.9. The number of carbonyl (C=O) groups is 1. The third-order valence-corrected chi connectivity index (χ3v) is 7.73. The number of amides is 1. The first-order chi connectivity index (χ1) is 16.2. The molecular formula is C25H31N5O2S. The van der Waals surface area contributed by atoms with Crippen molar-refractivity contribution in [3.8, 4) is 11.1 Å². The quantitative estimate of drug-likeness (QED) is 0.583. The van der Waals surface area contributed by atoms with Crippen molar-refractivity contribution >= 4 is 33.4 Å². The van der Waals surface area contributed by atoms with Crippen molar-refractivity contribution in [3.63, 3.8) is 0 Å². The Hall–Kier alpha value is -2.71. The molecule has 33 heavy (non-hydrogen) atoms. The highest BCUT2D eigenvalue weighted by Gasteiger charge is 2.27. The normalized spacial score (nSPS) is 19.6. The van der Waals surface area contributed by atoms with Crippen molar-refractivity contribution in [2.24, 2.45) is 5.92 Å². The number of likely N-dealkylation sites (tertiary alicyclic amines) is 1. The highest BCUT2D eigenvalue weighted by Crippen LogP contribution is 2.32. The lowest BCUT2D eigenvalue weighted by Gasteiger charge is -2.32. The Morgan fingerprint density at radius 1 is 1.12 bits per heavy atom. The Kier molecular flexibility index (Phi) is 6.73. The van der Waals surface area contributed by atoms with Crippen molar-refractivity contribution in [1.82, 2.24) is 20.2 Å². The van der Waals surface area contributed by atoms with Crippen LogP contribution in [0.15, 0.2) is 40.5 Å². The van der Waals surface area contributed by atoms with Crippen LogP contribution in [-0.2, 0) is 4.79 Å². The molecule has 5 rings (SSSR count). The Morgan fingerprint density at radius 2 is 1.94 bits per heavy atom. The molecule has 0 bridgehead atoms. The van der Waals surface area contributed by atoms with Crippen molar-refractivity contribution in [3.05, 3.63) is 46.1 Å². The molecule has 7 nitrogen and oxygen atoms in total. The van der Waals surface area contributed by atoms with Crippen LogP contribution in [0, 0.1) is 5.92 Å². The van der Waals surface area contributed by atoms with Gasteiger partial charge in [-0.1, -0.05) is 36.8 Å². The van der Waals surface area contributed by atoms with Crippen LogP contribution >= 0.6 is 11.3 Å². The molecule has 2 aliphatic rings. The van der Waals surface area contributed by atoms with Crippen LogP contribution in [-0.4, -0.2) is 60.0 Å². The molecule has 2 saturated heterocycles. The van der Waals surface area contributed by atoms with E-state index in [0.29, 0.717) is 23.7 Å². The van der Waals surface area contributed by atoms with Gasteiger partial charge in [0.25, 0.3) is 5.56 Å². The largest absolute Gasteiger partial charge is 0.355 e. The summed E-state index contributed by atoms with van der Waals surface area (Å²) in [6.07, 6.45) is 5.61. The molecule has 3 aromatic rings. The predicted molar refractivity (Wildman–Crippen MR) is 134 cm³/mol. The maximum absolute atomic E-state index is 12.8. The Balaban J connectivity index is 1.28. The monoisotopic (exact) mass is 465 g/mol. The first kappa shape index (κ1) is 22.1. The summed E-state index contributed by atoms with van der Waals surface area (Å²) in [7, 11) is 0. The number of anilines is 1. The average Bonchev–Trinajstić information content (AvgIpc) is 3.30. The van der Waals surface area contributed by atoms with Gasteiger partial charge in [-0.3, -0.25) is 14.6 Å². The second-order valence-corrected chi connectivity index (χ2v) is 9.94. The number of hydrogen-bond acceptors (Lipinski definition) is 6. The van der Waals surface area contributed by atoms with Gasteiger partial charge in [-0.05, 0) is 44.3 Å². The molecule has 2 aliphatic heterocycles. The number of benzene rings is 1. The SMILES string of the molecule is O=C(NCCN1CCCCC1)[C@@H]1CCCN(c2nc3c(-c4ccccc4)csc3c(=O)[nH]2)C1. The molecule has 1 atom stereocenters. The molecule has 0 spiro atoms. The first-order valence-electron chi connectivity index (χ1n) is 12.0. The number of nitrogens with one attached hydrogen (secondary N) is 2. The molecule has 1 aromatic carbocycles. The van der Waals surface area contributed by atoms with E-state index in [1.165, 1.54) is 30.6 Å². The smallest absolute Gasteiger partial charge is 0.270 e. The second kappa shape index (κ2) is 10.1. The van der Waals surface area contributed by atoms with Crippen LogP contribution in [0.2, 0.25) is 0 Å². The third-order valence-electron chi connectivity index (χ3n) is 6.77. The van der Waals surface area contributed by atoms with E-state index in [4.69, 9.17) is 4.98 Å². The summed E-state index contributed by atoms with van der Waals surface area (Å²) in [5, 5.41) is 5.14. The molecule has 0 saturated carbocycles. The minimum atomic E-state index is -0.115. The molecule has 8 heteroatoms. The van der Waals surface area contributed by atoms with Crippen LogP contribution in [0.3, 0.4) is 0 Å². The van der Waals surface area contributed by atoms with E-state index in [9.17, 15) is 9.59 Å². The van der Waals surface area contributed by atoms with Crippen LogP contribution < -0.4 is 15.8 Å². The van der Waals surface area contributed by atoms with E-state index in [2.05, 4.69) is 20.1 Å². The maximum atomic E-state index is 12.8. The lowest BCUT2D eigenvalue weighted by molar-refractivity contribution is -0.125. The van der Waals surface area contributed by atoms with E-state index >= 15 is 0 Å². The van der Waals surface area contributed by atoms with Crippen molar-refractivity contribution in [2.75, 3.05) is 44.2 Å². The number of aromatic amines is 1. The van der Waals surface area contributed by atoms with E-state index in [1.807, 2.05) is 35.7 Å². The van der Waals surface area contributed by atoms with Gasteiger partial charge in [0, 0.05) is 37.1 Å². The predicted octanol–water partition coefficient (Wildman–Crippen LogP) is 3.47. The zero-order valence-electron chi connectivity index (χ0n) is 18.9. The van der Waals surface area contributed by atoms with Gasteiger partial charge in [0.05, 0.1) is 11.4 Å². The number of hydrogen-bond donors (Lipinski definition) is 2. The van der Waals surface area contributed by atoms with Crippen LogP contribution in [0.4, 0.5) is 5.95 Å². The summed E-state index contributed by atoms with van der Waals surface area (Å²) in [4.78, 5) is 38.0. The van der Waals surface area contributed by atoms with Crippen molar-refractivity contribution in [1.29, 1.82) is 0 Å². The Labute approximate surface area is 197 Å². The molecule has 1 amide bonds. The summed E-state index contributed by atoms with van der Waals surface area (Å²) in [5.41, 5.74) is 2.65. The van der Waals surface area contributed by atoms with Gasteiger partial charge >= 0.3 is 0 Å². The summed E-state index contributed by atoms with van der Waals surface area (Å²) in [5.74, 6) is 0.590. The van der Waals surface area contributed by atoms with Crippen molar-refractivity contribution in [2.45, 2.75) is 32.1 Å². The minimum absolute atomic E-state index is 0.0860. The van der Waals surface area contributed by atoms with Gasteiger partial charge < -0.3 is 15.1 Å². The number of aromatic nitrogens is 2. The number of piperidine rings is 2. The number of fused-ring (bicyclic) bond motifs is 1. The van der Waals surface area contributed by atoms with E-state index in [0.717, 1.165) is 55.7 Å². The fraction of sp³-hybridized carbons (Fsp3) is 0.480. The highest BCUT2D eigenvalue weighted by molar-refractivity contribution is 7.17. The van der Waals surface area contributed by atoms with E-state index in [1.54, 1.807) is 0 Å². The number of thiophene rings is 1. The van der Waals surface area contributed by atoms with Crippen LogP contribution in [0.1, 0.15) is 32.1 Å². The van der Waals surface area contributed by atoms with Gasteiger partial charge in [-0.15, -0.1) is 11.3 Å². The van der Waals surface area contributed by atoms with Crippen molar-refractivity contribution < 1.29 is 4.79 Å². The van der Waals surface area contributed by atoms with Gasteiger partial charge in [0.1, 0.15) is 4.70 Å². The van der Waals surface area contributed by atoms with E-state index < -0.39 is 0 Å². The number of carbonyl (C=O) groups excluding carboxylic acids is 1. The molecule has 2 N–H and O–H groups in total. The number of H-pyrrole nitrogens is 1. The lowest BCUT2D eigenvalue weighted by Crippen LogP contribution is -2.45. The second-order valence-electron chi connectivity index (χ2n) is 9.06. The van der Waals surface area contributed by atoms with E-state index in [-0.39, 0.29) is 17.4 Å². The maximum Gasteiger partial charge on any atom is 0.270 e. The topological polar surface area (TPSA) is 81.3 Å². The van der Waals surface area contributed by atoms with Gasteiger partial charge in [-0.25, -0.2) is 4.98 Å². The summed E-state index contributed by atoms with van der Waals surface area (Å²) < 4.78 is 0.640. The molecule has 4 heterocycles. The summed E-state index contributed by atoms with van der Waals surface area (Å²) >= 11 is 1.42. The Morgan fingerprint density at radius 3 is 2.76 bits per heavy atom. The standard InChI is InChI=1S/C25H31N5O2S/c31-23(26-11-15-29-12-5-2-6-13-29)19-10-7-14-30(16-19)25-27-21-20(18-8-3-1-4-9-18)17-33-22(21)24(32)28-25/h1,3-4,8-9,17,19H,2,5-7,10-16H2,(H,26,31)(H,27,28,32)/t19-/m1/s1. The van der Waals surface area contributed by atoms with Crippen LogP contribution in [0.5, 0.6) is 0 Å². The molecule has 2 aromatic heterocycles. The molecule has 0 unspecified atom stereocenters. The molecule has 0 radical (unpaired) electrons. The summed E-state index contributed by atoms with van der Waals surface area (Å²) in [6, 6.07) is 10.0. The Bertz CT molecular complexity index is 1150. The summed E-state index contributed by atoms with van der Waals surface area (Å²) in [6.45, 7) is 5.27. The zero-order chi connectivity index (χ0) is 22.6.